The second kappa shape index (κ2) is 7.97. The lowest BCUT2D eigenvalue weighted by atomic mass is 10.1. The van der Waals surface area contributed by atoms with Gasteiger partial charge in [-0.05, 0) is 52.2 Å². The fraction of sp³-hybridized carbons (Fsp3) is 0.611. The van der Waals surface area contributed by atoms with Crippen molar-refractivity contribution in [2.45, 2.75) is 51.7 Å². The topological polar surface area (TPSA) is 50.8 Å². The molecule has 0 aromatic heterocycles. The third kappa shape index (κ3) is 5.20. The third-order valence-electron chi connectivity index (χ3n) is 3.91. The summed E-state index contributed by atoms with van der Waals surface area (Å²) in [6, 6.07) is 5.94. The van der Waals surface area contributed by atoms with E-state index in [2.05, 4.69) is 5.32 Å². The highest BCUT2D eigenvalue weighted by molar-refractivity contribution is 6.32. The molecule has 0 saturated carbocycles. The van der Waals surface area contributed by atoms with Crippen LogP contribution in [0.1, 0.15) is 40.0 Å². The summed E-state index contributed by atoms with van der Waals surface area (Å²) in [7, 11) is 1.61. The highest BCUT2D eigenvalue weighted by Crippen LogP contribution is 2.33. The molecule has 2 rings (SSSR count). The first-order valence-electron chi connectivity index (χ1n) is 8.37. The Bertz CT molecular complexity index is 572. The van der Waals surface area contributed by atoms with Crippen LogP contribution in [0.4, 0.5) is 10.5 Å². The van der Waals surface area contributed by atoms with Gasteiger partial charge in [-0.1, -0.05) is 17.7 Å². The van der Waals surface area contributed by atoms with Gasteiger partial charge in [0.05, 0.1) is 17.8 Å². The zero-order valence-corrected chi connectivity index (χ0v) is 15.7. The van der Waals surface area contributed by atoms with Crippen molar-refractivity contribution in [1.29, 1.82) is 0 Å². The zero-order valence-electron chi connectivity index (χ0n) is 14.9. The SMILES string of the molecule is COc1c(Cl)cccc1NC1CCCN(C(=O)OC(C)(C)C)CC1. The minimum atomic E-state index is -0.463. The number of hydrogen-bond donors (Lipinski definition) is 1. The van der Waals surface area contributed by atoms with Gasteiger partial charge in [0.1, 0.15) is 5.60 Å². The summed E-state index contributed by atoms with van der Waals surface area (Å²) in [5.41, 5.74) is 0.426. The molecule has 1 saturated heterocycles. The molecule has 5 nitrogen and oxygen atoms in total. The van der Waals surface area contributed by atoms with Gasteiger partial charge >= 0.3 is 6.09 Å². The number of ether oxygens (including phenoxy) is 2. The fourth-order valence-corrected chi connectivity index (χ4v) is 3.05. The molecule has 1 unspecified atom stereocenters. The number of nitrogens with one attached hydrogen (secondary N) is 1. The summed E-state index contributed by atoms with van der Waals surface area (Å²) < 4.78 is 10.9. The Kier molecular flexibility index (Phi) is 6.21. The number of anilines is 1. The molecule has 1 aliphatic heterocycles. The summed E-state index contributed by atoms with van der Waals surface area (Å²) >= 11 is 6.17. The Labute approximate surface area is 149 Å². The van der Waals surface area contributed by atoms with Crippen molar-refractivity contribution >= 4 is 23.4 Å². The molecule has 0 bridgehead atoms. The molecule has 1 aromatic carbocycles. The van der Waals surface area contributed by atoms with Crippen molar-refractivity contribution in [3.05, 3.63) is 23.2 Å². The van der Waals surface area contributed by atoms with Crippen molar-refractivity contribution in [3.63, 3.8) is 0 Å². The van der Waals surface area contributed by atoms with Gasteiger partial charge in [-0.3, -0.25) is 0 Å². The average molecular weight is 355 g/mol. The maximum absolute atomic E-state index is 12.2. The van der Waals surface area contributed by atoms with Crippen LogP contribution in [-0.2, 0) is 4.74 Å². The third-order valence-corrected chi connectivity index (χ3v) is 4.21. The van der Waals surface area contributed by atoms with Crippen LogP contribution in [0.5, 0.6) is 5.75 Å². The van der Waals surface area contributed by atoms with E-state index in [0.717, 1.165) is 31.5 Å². The van der Waals surface area contributed by atoms with Crippen molar-refractivity contribution in [2.24, 2.45) is 0 Å². The minimum absolute atomic E-state index is 0.233. The van der Waals surface area contributed by atoms with Gasteiger partial charge < -0.3 is 19.7 Å². The molecule has 1 N–H and O–H groups in total. The summed E-state index contributed by atoms with van der Waals surface area (Å²) in [5.74, 6) is 0.660. The number of carbonyl (C=O) groups is 1. The number of methoxy groups -OCH3 is 1. The lowest BCUT2D eigenvalue weighted by Gasteiger charge is -2.26. The van der Waals surface area contributed by atoms with Crippen LogP contribution in [-0.4, -0.2) is 42.8 Å². The van der Waals surface area contributed by atoms with Crippen molar-refractivity contribution < 1.29 is 14.3 Å². The molecule has 6 heteroatoms. The Morgan fingerprint density at radius 1 is 1.29 bits per heavy atom. The molecular weight excluding hydrogens is 328 g/mol. The van der Waals surface area contributed by atoms with Crippen LogP contribution in [0.3, 0.4) is 0 Å². The van der Waals surface area contributed by atoms with Gasteiger partial charge in [-0.15, -0.1) is 0 Å². The number of rotatable bonds is 3. The summed E-state index contributed by atoms with van der Waals surface area (Å²) in [5, 5.41) is 4.09. The maximum Gasteiger partial charge on any atom is 0.410 e. The smallest absolute Gasteiger partial charge is 0.410 e. The van der Waals surface area contributed by atoms with Crippen molar-refractivity contribution in [2.75, 3.05) is 25.5 Å². The Morgan fingerprint density at radius 3 is 2.71 bits per heavy atom. The predicted octanol–water partition coefficient (Wildman–Crippen LogP) is 4.55. The average Bonchev–Trinajstić information content (AvgIpc) is 2.71. The van der Waals surface area contributed by atoms with Gasteiger partial charge in [0, 0.05) is 19.1 Å². The predicted molar refractivity (Wildman–Crippen MR) is 97.1 cm³/mol. The Hall–Kier alpha value is -1.62. The summed E-state index contributed by atoms with van der Waals surface area (Å²) in [6.07, 6.45) is 2.53. The number of likely N-dealkylation sites (tertiary alicyclic amines) is 1. The van der Waals surface area contributed by atoms with E-state index in [4.69, 9.17) is 21.1 Å². The molecule has 1 amide bonds. The molecule has 0 radical (unpaired) electrons. The van der Waals surface area contributed by atoms with E-state index in [1.807, 2.05) is 39.0 Å². The lowest BCUT2D eigenvalue weighted by molar-refractivity contribution is 0.0256. The Balaban J connectivity index is 1.96. The first kappa shape index (κ1) is 18.7. The van der Waals surface area contributed by atoms with Gasteiger partial charge in [-0.25, -0.2) is 4.79 Å². The fourth-order valence-electron chi connectivity index (χ4n) is 2.80. The zero-order chi connectivity index (χ0) is 17.7. The molecule has 24 heavy (non-hydrogen) atoms. The van der Waals surface area contributed by atoms with Crippen LogP contribution in [0, 0.1) is 0 Å². The molecule has 1 aromatic rings. The van der Waals surface area contributed by atoms with E-state index in [9.17, 15) is 4.79 Å². The van der Waals surface area contributed by atoms with Crippen LogP contribution in [0.2, 0.25) is 5.02 Å². The maximum atomic E-state index is 12.2. The Morgan fingerprint density at radius 2 is 2.04 bits per heavy atom. The van der Waals surface area contributed by atoms with Gasteiger partial charge in [0.15, 0.2) is 5.75 Å². The minimum Gasteiger partial charge on any atom is -0.493 e. The first-order chi connectivity index (χ1) is 11.3. The quantitative estimate of drug-likeness (QED) is 0.865. The van der Waals surface area contributed by atoms with Crippen LogP contribution >= 0.6 is 11.6 Å². The van der Waals surface area contributed by atoms with Crippen LogP contribution in [0.15, 0.2) is 18.2 Å². The normalized spacial score (nSPS) is 18.7. The van der Waals surface area contributed by atoms with E-state index >= 15 is 0 Å². The summed E-state index contributed by atoms with van der Waals surface area (Å²) in [6.45, 7) is 7.06. The number of carbonyl (C=O) groups excluding carboxylic acids is 1. The van der Waals surface area contributed by atoms with E-state index in [1.54, 1.807) is 12.0 Å². The monoisotopic (exact) mass is 354 g/mol. The first-order valence-corrected chi connectivity index (χ1v) is 8.75. The number of hydrogen-bond acceptors (Lipinski definition) is 4. The van der Waals surface area contributed by atoms with E-state index < -0.39 is 5.60 Å². The number of benzene rings is 1. The molecule has 0 aliphatic carbocycles. The van der Waals surface area contributed by atoms with Crippen molar-refractivity contribution in [1.82, 2.24) is 4.90 Å². The number of amides is 1. The summed E-state index contributed by atoms with van der Waals surface area (Å²) in [4.78, 5) is 14.0. The van der Waals surface area contributed by atoms with Crippen LogP contribution < -0.4 is 10.1 Å². The molecule has 1 fully saturated rings. The van der Waals surface area contributed by atoms with E-state index in [1.165, 1.54) is 0 Å². The number of halogens is 1. The van der Waals surface area contributed by atoms with Crippen molar-refractivity contribution in [3.8, 4) is 5.75 Å². The number of para-hydroxylation sites is 1. The highest BCUT2D eigenvalue weighted by atomic mass is 35.5. The van der Waals surface area contributed by atoms with Gasteiger partial charge in [0.2, 0.25) is 0 Å². The van der Waals surface area contributed by atoms with E-state index in [-0.39, 0.29) is 12.1 Å². The van der Waals surface area contributed by atoms with Gasteiger partial charge in [0.25, 0.3) is 0 Å². The largest absolute Gasteiger partial charge is 0.493 e. The second-order valence-corrected chi connectivity index (χ2v) is 7.47. The second-order valence-electron chi connectivity index (χ2n) is 7.06. The molecular formula is C18H27ClN2O3. The molecule has 0 spiro atoms. The van der Waals surface area contributed by atoms with Gasteiger partial charge in [-0.2, -0.15) is 0 Å². The molecule has 1 aliphatic rings. The van der Waals surface area contributed by atoms with Crippen LogP contribution in [0.25, 0.3) is 0 Å². The highest BCUT2D eigenvalue weighted by Gasteiger charge is 2.25. The standard InChI is InChI=1S/C18H27ClN2O3/c1-18(2,3)24-17(22)21-11-6-7-13(10-12-21)20-15-9-5-8-14(19)16(15)23-4/h5,8-9,13,20H,6-7,10-12H2,1-4H3. The molecule has 1 heterocycles. The lowest BCUT2D eigenvalue weighted by Crippen LogP contribution is -2.37. The van der Waals surface area contributed by atoms with E-state index in [0.29, 0.717) is 17.3 Å². The number of nitrogens with zero attached hydrogens (tertiary/aromatic N) is 1. The molecule has 134 valence electrons. The molecule has 1 atom stereocenters.